The number of nitrogens with two attached hydrogens (primary N) is 1. The average molecular weight is 686 g/mol. The Hall–Kier alpha value is -4.88. The van der Waals surface area contributed by atoms with Gasteiger partial charge in [-0.25, -0.2) is 4.98 Å². The number of benzene rings is 3. The van der Waals surface area contributed by atoms with Crippen molar-refractivity contribution in [2.75, 3.05) is 26.9 Å². The summed E-state index contributed by atoms with van der Waals surface area (Å²) in [7, 11) is 1.49. The summed E-state index contributed by atoms with van der Waals surface area (Å²) in [6, 6.07) is 28.5. The topological polar surface area (TPSA) is 167 Å². The van der Waals surface area contributed by atoms with E-state index in [1.54, 1.807) is 20.8 Å². The minimum absolute atomic E-state index is 0.0480. The van der Waals surface area contributed by atoms with Crippen LogP contribution in [0.15, 0.2) is 95.4 Å². The number of nitrogens with zero attached hydrogens (tertiary/aromatic N) is 1. The molecule has 0 fully saturated rings. The number of rotatable bonds is 18. The van der Waals surface area contributed by atoms with Gasteiger partial charge < -0.3 is 40.3 Å². The minimum atomic E-state index is -1.64. The van der Waals surface area contributed by atoms with Crippen molar-refractivity contribution >= 4 is 17.7 Å². The standard InChI is InChI=1S/C38H47N5O7/c1-27-31(32(44)40-5)41-35(50-27)38(4,26-49-23-30-19-13-8-14-20-30)43-34(46)37(3,25-48-22-29-17-11-7-12-18-29)42-33(45)36(2,39)24-47-21-28-15-9-6-10-16-28/h6-20H,21-26,39H2,1-5H3,(H,40,44)(H,42,45)(H,43,46)/t36-,37-,38-/m0/s1. The molecule has 3 amide bonds. The molecule has 1 aromatic heterocycles. The Bertz CT molecular complexity index is 1700. The van der Waals surface area contributed by atoms with Crippen LogP contribution in [-0.4, -0.2) is 60.7 Å². The zero-order valence-electron chi connectivity index (χ0n) is 29.3. The smallest absolute Gasteiger partial charge is 0.273 e. The molecule has 0 spiro atoms. The lowest BCUT2D eigenvalue weighted by Crippen LogP contribution is -2.67. The Kier molecular flexibility index (Phi) is 13.0. The molecule has 0 unspecified atom stereocenters. The van der Waals surface area contributed by atoms with Crippen molar-refractivity contribution in [2.24, 2.45) is 5.73 Å². The first-order chi connectivity index (χ1) is 23.8. The van der Waals surface area contributed by atoms with Crippen LogP contribution in [0, 0.1) is 6.92 Å². The van der Waals surface area contributed by atoms with Crippen molar-refractivity contribution in [1.82, 2.24) is 20.9 Å². The van der Waals surface area contributed by atoms with E-state index in [4.69, 9.17) is 24.4 Å². The van der Waals surface area contributed by atoms with Gasteiger partial charge in [0, 0.05) is 7.05 Å². The number of carbonyl (C=O) groups is 3. The summed E-state index contributed by atoms with van der Waals surface area (Å²) >= 11 is 0. The molecule has 266 valence electrons. The monoisotopic (exact) mass is 685 g/mol. The number of nitrogens with one attached hydrogen (secondary N) is 3. The first-order valence-electron chi connectivity index (χ1n) is 16.3. The summed E-state index contributed by atoms with van der Waals surface area (Å²) < 4.78 is 23.8. The van der Waals surface area contributed by atoms with Crippen LogP contribution in [0.3, 0.4) is 0 Å². The second-order valence-electron chi connectivity index (χ2n) is 12.9. The van der Waals surface area contributed by atoms with Gasteiger partial charge in [0.25, 0.3) is 5.91 Å². The Balaban J connectivity index is 1.58. The van der Waals surface area contributed by atoms with Crippen molar-refractivity contribution < 1.29 is 33.0 Å². The maximum atomic E-state index is 14.4. The number of aryl methyl sites for hydroxylation is 1. The Labute approximate surface area is 293 Å². The lowest BCUT2D eigenvalue weighted by molar-refractivity contribution is -0.141. The van der Waals surface area contributed by atoms with Crippen LogP contribution in [0.1, 0.15) is 59.6 Å². The number of carbonyl (C=O) groups excluding carboxylic acids is 3. The summed E-state index contributed by atoms with van der Waals surface area (Å²) in [6.45, 7) is 6.63. The van der Waals surface area contributed by atoms with Crippen molar-refractivity contribution in [3.63, 3.8) is 0 Å². The van der Waals surface area contributed by atoms with Crippen LogP contribution in [0.2, 0.25) is 0 Å². The Morgan fingerprint density at radius 2 is 1.16 bits per heavy atom. The van der Waals surface area contributed by atoms with Crippen molar-refractivity contribution in [3.05, 3.63) is 125 Å². The molecule has 0 radical (unpaired) electrons. The fraction of sp³-hybridized carbons (Fsp3) is 0.368. The molecular formula is C38H47N5O7. The van der Waals surface area contributed by atoms with E-state index in [1.807, 2.05) is 91.0 Å². The number of amides is 3. The van der Waals surface area contributed by atoms with Crippen molar-refractivity contribution in [2.45, 2.75) is 64.1 Å². The van der Waals surface area contributed by atoms with Gasteiger partial charge in [-0.3, -0.25) is 14.4 Å². The fourth-order valence-electron chi connectivity index (χ4n) is 4.97. The largest absolute Gasteiger partial charge is 0.442 e. The third-order valence-electron chi connectivity index (χ3n) is 8.03. The molecule has 1 heterocycles. The summed E-state index contributed by atoms with van der Waals surface area (Å²) in [5, 5.41) is 8.36. The zero-order valence-corrected chi connectivity index (χ0v) is 29.3. The van der Waals surface area contributed by atoms with Crippen LogP contribution in [0.25, 0.3) is 0 Å². The summed E-state index contributed by atoms with van der Waals surface area (Å²) in [5.41, 5.74) is 4.73. The highest BCUT2D eigenvalue weighted by atomic mass is 16.5. The maximum Gasteiger partial charge on any atom is 0.273 e. The summed E-state index contributed by atoms with van der Waals surface area (Å²) in [6.07, 6.45) is 0. The highest BCUT2D eigenvalue weighted by Gasteiger charge is 2.45. The van der Waals surface area contributed by atoms with Gasteiger partial charge in [-0.1, -0.05) is 91.0 Å². The minimum Gasteiger partial charge on any atom is -0.442 e. The number of hydrogen-bond donors (Lipinski definition) is 4. The summed E-state index contributed by atoms with van der Waals surface area (Å²) in [4.78, 5) is 45.1. The Morgan fingerprint density at radius 3 is 1.64 bits per heavy atom. The molecule has 0 aliphatic rings. The second kappa shape index (κ2) is 17.2. The van der Waals surface area contributed by atoms with Crippen LogP contribution in [0.4, 0.5) is 0 Å². The molecule has 4 aromatic rings. The Morgan fingerprint density at radius 1 is 0.700 bits per heavy atom. The number of hydrogen-bond acceptors (Lipinski definition) is 9. The van der Waals surface area contributed by atoms with Crippen molar-refractivity contribution in [3.8, 4) is 0 Å². The third-order valence-corrected chi connectivity index (χ3v) is 8.03. The predicted molar refractivity (Wildman–Crippen MR) is 188 cm³/mol. The third kappa shape index (κ3) is 10.3. The van der Waals surface area contributed by atoms with Crippen LogP contribution >= 0.6 is 0 Å². The first kappa shape index (κ1) is 37.9. The van der Waals surface area contributed by atoms with Gasteiger partial charge in [0.2, 0.25) is 17.7 Å². The van der Waals surface area contributed by atoms with E-state index >= 15 is 0 Å². The molecule has 12 nitrogen and oxygen atoms in total. The van der Waals surface area contributed by atoms with Gasteiger partial charge in [-0.2, -0.15) is 0 Å². The molecule has 3 atom stereocenters. The molecule has 3 aromatic carbocycles. The molecule has 4 rings (SSSR count). The molecule has 0 saturated heterocycles. The van der Waals surface area contributed by atoms with Crippen LogP contribution in [0.5, 0.6) is 0 Å². The SMILES string of the molecule is CNC(=O)c1nc([C@](C)(COCc2ccccc2)NC(=O)[C@](C)(COCc2ccccc2)NC(=O)[C@@](C)(N)COCc2ccccc2)oc1C. The second-order valence-corrected chi connectivity index (χ2v) is 12.9. The molecule has 50 heavy (non-hydrogen) atoms. The normalized spacial score (nSPS) is 14.8. The molecule has 0 saturated carbocycles. The van der Waals surface area contributed by atoms with Crippen LogP contribution < -0.4 is 21.7 Å². The van der Waals surface area contributed by atoms with Crippen LogP contribution in [-0.2, 0) is 49.2 Å². The van der Waals surface area contributed by atoms with Gasteiger partial charge in [0.05, 0.1) is 39.6 Å². The fourth-order valence-corrected chi connectivity index (χ4v) is 4.97. The van der Waals surface area contributed by atoms with Gasteiger partial charge in [0.15, 0.2) is 5.69 Å². The molecule has 0 bridgehead atoms. The molecular weight excluding hydrogens is 638 g/mol. The van der Waals surface area contributed by atoms with Crippen molar-refractivity contribution in [1.29, 1.82) is 0 Å². The predicted octanol–water partition coefficient (Wildman–Crippen LogP) is 3.92. The first-order valence-corrected chi connectivity index (χ1v) is 16.3. The molecule has 0 aliphatic carbocycles. The van der Waals surface area contributed by atoms with Gasteiger partial charge in [0.1, 0.15) is 22.4 Å². The molecule has 12 heteroatoms. The van der Waals surface area contributed by atoms with Gasteiger partial charge in [-0.15, -0.1) is 0 Å². The lowest BCUT2D eigenvalue weighted by atomic mass is 9.95. The highest BCUT2D eigenvalue weighted by Crippen LogP contribution is 2.26. The van der Waals surface area contributed by atoms with E-state index in [-0.39, 0.29) is 57.0 Å². The average Bonchev–Trinajstić information content (AvgIpc) is 3.51. The van der Waals surface area contributed by atoms with E-state index in [0.29, 0.717) is 0 Å². The zero-order chi connectivity index (χ0) is 36.2. The van der Waals surface area contributed by atoms with E-state index in [9.17, 15) is 14.4 Å². The number of ether oxygens (including phenoxy) is 3. The van der Waals surface area contributed by atoms with E-state index in [0.717, 1.165) is 16.7 Å². The highest BCUT2D eigenvalue weighted by molar-refractivity contribution is 5.95. The maximum absolute atomic E-state index is 14.4. The number of oxazole rings is 1. The molecule has 0 aliphatic heterocycles. The quantitative estimate of drug-likeness (QED) is 0.121. The number of aromatic nitrogens is 1. The van der Waals surface area contributed by atoms with E-state index < -0.39 is 34.3 Å². The van der Waals surface area contributed by atoms with Gasteiger partial charge >= 0.3 is 0 Å². The summed E-state index contributed by atoms with van der Waals surface area (Å²) in [5.74, 6) is -1.38. The lowest BCUT2D eigenvalue weighted by Gasteiger charge is -2.36. The van der Waals surface area contributed by atoms with Gasteiger partial charge in [-0.05, 0) is 44.4 Å². The molecule has 5 N–H and O–H groups in total. The van der Waals surface area contributed by atoms with E-state index in [1.165, 1.54) is 14.0 Å². The van der Waals surface area contributed by atoms with E-state index in [2.05, 4.69) is 20.9 Å².